The highest BCUT2D eigenvalue weighted by Crippen LogP contribution is 2.38. The van der Waals surface area contributed by atoms with Crippen LogP contribution in [0, 0.1) is 0 Å². The number of aliphatic hydroxyl groups is 1. The number of carbonyl (C=O) groups is 1. The van der Waals surface area contributed by atoms with Crippen LogP contribution in [0.2, 0.25) is 0 Å². The number of rotatable bonds is 48. The van der Waals surface area contributed by atoms with Gasteiger partial charge >= 0.3 is 0 Å². The van der Waals surface area contributed by atoms with Crippen LogP contribution < -0.4 is 10.2 Å². The lowest BCUT2D eigenvalue weighted by molar-refractivity contribution is -0.870. The first kappa shape index (κ1) is 62.2. The number of phosphoric ester groups is 1. The van der Waals surface area contributed by atoms with E-state index in [1.807, 2.05) is 27.2 Å². The highest BCUT2D eigenvalue weighted by molar-refractivity contribution is 7.45. The molecule has 0 saturated heterocycles. The van der Waals surface area contributed by atoms with Gasteiger partial charge < -0.3 is 28.8 Å². The molecule has 0 aliphatic rings. The van der Waals surface area contributed by atoms with Crippen molar-refractivity contribution in [2.75, 3.05) is 40.9 Å². The maximum Gasteiger partial charge on any atom is 0.268 e. The summed E-state index contributed by atoms with van der Waals surface area (Å²) in [5, 5.41) is 13.8. The molecular formula is C55H103N2O6P. The number of hydrogen-bond donors (Lipinski definition) is 2. The Labute approximate surface area is 396 Å². The van der Waals surface area contributed by atoms with Gasteiger partial charge in [-0.3, -0.25) is 9.36 Å². The van der Waals surface area contributed by atoms with Crippen molar-refractivity contribution in [2.24, 2.45) is 0 Å². The molecule has 0 heterocycles. The van der Waals surface area contributed by atoms with Crippen molar-refractivity contribution in [2.45, 2.75) is 244 Å². The van der Waals surface area contributed by atoms with Gasteiger partial charge in [-0.2, -0.15) is 0 Å². The molecular weight excluding hydrogens is 816 g/mol. The van der Waals surface area contributed by atoms with Crippen molar-refractivity contribution >= 4 is 13.7 Å². The van der Waals surface area contributed by atoms with Gasteiger partial charge in [-0.15, -0.1) is 0 Å². The normalized spacial score (nSPS) is 14.5. The van der Waals surface area contributed by atoms with Crippen molar-refractivity contribution in [3.8, 4) is 0 Å². The Morgan fingerprint density at radius 1 is 0.547 bits per heavy atom. The highest BCUT2D eigenvalue weighted by Gasteiger charge is 2.23. The highest BCUT2D eigenvalue weighted by atomic mass is 31.2. The minimum atomic E-state index is -4.61. The molecule has 9 heteroatoms. The number of carbonyl (C=O) groups excluding carboxylic acids is 1. The molecule has 3 unspecified atom stereocenters. The lowest BCUT2D eigenvalue weighted by Crippen LogP contribution is -2.45. The molecule has 374 valence electrons. The van der Waals surface area contributed by atoms with Gasteiger partial charge in [0.1, 0.15) is 13.2 Å². The third-order valence-electron chi connectivity index (χ3n) is 11.7. The van der Waals surface area contributed by atoms with Crippen molar-refractivity contribution in [3.05, 3.63) is 60.8 Å². The zero-order chi connectivity index (χ0) is 47.1. The summed E-state index contributed by atoms with van der Waals surface area (Å²) in [5.41, 5.74) is 0. The first-order chi connectivity index (χ1) is 31.0. The minimum Gasteiger partial charge on any atom is -0.756 e. The molecule has 0 rings (SSSR count). The molecule has 3 atom stereocenters. The van der Waals surface area contributed by atoms with Crippen LogP contribution in [0.15, 0.2) is 60.8 Å². The van der Waals surface area contributed by atoms with E-state index in [1.54, 1.807) is 6.08 Å². The number of allylic oxidation sites excluding steroid dienone is 9. The largest absolute Gasteiger partial charge is 0.756 e. The van der Waals surface area contributed by atoms with Gasteiger partial charge in [0, 0.05) is 6.42 Å². The first-order valence-corrected chi connectivity index (χ1v) is 28.1. The zero-order valence-electron chi connectivity index (χ0n) is 42.5. The molecule has 0 aromatic heterocycles. The van der Waals surface area contributed by atoms with E-state index in [1.165, 1.54) is 161 Å². The number of likely N-dealkylation sites (N-methyl/N-ethyl adjacent to an activating group) is 1. The quantitative estimate of drug-likeness (QED) is 0.0272. The van der Waals surface area contributed by atoms with Crippen molar-refractivity contribution in [1.82, 2.24) is 5.32 Å². The van der Waals surface area contributed by atoms with Crippen LogP contribution in [0.3, 0.4) is 0 Å². The van der Waals surface area contributed by atoms with Gasteiger partial charge in [0.25, 0.3) is 7.82 Å². The molecule has 0 bridgehead atoms. The molecule has 0 spiro atoms. The summed E-state index contributed by atoms with van der Waals surface area (Å²) in [6.07, 6.45) is 61.5. The lowest BCUT2D eigenvalue weighted by atomic mass is 10.0. The number of unbranched alkanes of at least 4 members (excludes halogenated alkanes) is 27. The maximum absolute atomic E-state index is 12.9. The second-order valence-electron chi connectivity index (χ2n) is 19.2. The summed E-state index contributed by atoms with van der Waals surface area (Å²) >= 11 is 0. The predicted molar refractivity (Wildman–Crippen MR) is 274 cm³/mol. The van der Waals surface area contributed by atoms with E-state index < -0.39 is 26.6 Å². The Kier molecular flexibility index (Phi) is 45.0. The SMILES string of the molecule is CCCCCCC/C=C/CC/C=C/CC/C=C/C(O)C(COP(=O)([O-])OCC[N+](C)(C)C)NC(=O)CCCCCCCCCCCCC/C=C\C/C=C\CCCCCCCCCCC. The Bertz CT molecular complexity index is 1230. The number of hydrogen-bond acceptors (Lipinski definition) is 6. The fourth-order valence-electron chi connectivity index (χ4n) is 7.45. The molecule has 8 nitrogen and oxygen atoms in total. The number of amides is 1. The number of aliphatic hydroxyl groups excluding tert-OH is 1. The van der Waals surface area contributed by atoms with Crippen LogP contribution in [0.1, 0.15) is 232 Å². The molecule has 2 N–H and O–H groups in total. The van der Waals surface area contributed by atoms with Crippen LogP contribution in [0.4, 0.5) is 0 Å². The molecule has 0 aliphatic heterocycles. The van der Waals surface area contributed by atoms with Crippen LogP contribution in [-0.2, 0) is 18.4 Å². The van der Waals surface area contributed by atoms with E-state index >= 15 is 0 Å². The topological polar surface area (TPSA) is 108 Å². The van der Waals surface area contributed by atoms with Gasteiger partial charge in [0.15, 0.2) is 0 Å². The standard InChI is InChI=1S/C55H103N2O6P/c1-6-8-10-12-14-16-18-20-22-23-24-25-26-27-28-29-30-31-32-33-35-37-39-41-43-45-47-49-55(59)56-53(52-63-64(60,61)62-51-50-57(3,4)5)54(58)48-46-44-42-40-38-36-34-21-19-17-15-13-11-9-7-2/h19,21,24-25,27-28,38,40,46,48,53-54,58H,6-18,20,22-23,26,29-37,39,41-45,47,49-52H2,1-5H3,(H-,56,59,60,61)/b21-19+,25-24-,28-27-,40-38+,48-46+. The lowest BCUT2D eigenvalue weighted by Gasteiger charge is -2.29. The third kappa shape index (κ3) is 48.1. The molecule has 0 aliphatic carbocycles. The first-order valence-electron chi connectivity index (χ1n) is 26.7. The fourth-order valence-corrected chi connectivity index (χ4v) is 8.17. The Balaban J connectivity index is 4.25. The molecule has 0 aromatic rings. The molecule has 0 saturated carbocycles. The van der Waals surface area contributed by atoms with E-state index in [0.29, 0.717) is 17.4 Å². The average molecular weight is 919 g/mol. The number of phosphoric acid groups is 1. The van der Waals surface area contributed by atoms with Crippen molar-refractivity contribution in [3.63, 3.8) is 0 Å². The van der Waals surface area contributed by atoms with E-state index in [0.717, 1.165) is 51.4 Å². The molecule has 0 fully saturated rings. The van der Waals surface area contributed by atoms with Crippen LogP contribution >= 0.6 is 7.82 Å². The molecule has 0 aromatic carbocycles. The monoisotopic (exact) mass is 919 g/mol. The molecule has 64 heavy (non-hydrogen) atoms. The maximum atomic E-state index is 12.9. The van der Waals surface area contributed by atoms with Crippen LogP contribution in [0.5, 0.6) is 0 Å². The van der Waals surface area contributed by atoms with Gasteiger partial charge in [-0.05, 0) is 77.0 Å². The summed E-state index contributed by atoms with van der Waals surface area (Å²) in [7, 11) is 1.23. The summed E-state index contributed by atoms with van der Waals surface area (Å²) in [6.45, 7) is 4.60. The average Bonchev–Trinajstić information content (AvgIpc) is 3.25. The summed E-state index contributed by atoms with van der Waals surface area (Å²) < 4.78 is 23.2. The minimum absolute atomic E-state index is 0.0111. The van der Waals surface area contributed by atoms with Gasteiger partial charge in [0.05, 0.1) is 39.9 Å². The van der Waals surface area contributed by atoms with E-state index in [2.05, 4.69) is 67.8 Å². The third-order valence-corrected chi connectivity index (χ3v) is 12.6. The Hall–Kier alpha value is -1.80. The Morgan fingerprint density at radius 3 is 1.36 bits per heavy atom. The number of quaternary nitrogens is 1. The molecule has 1 amide bonds. The number of nitrogens with zero attached hydrogens (tertiary/aromatic N) is 1. The summed E-state index contributed by atoms with van der Waals surface area (Å²) in [5.74, 6) is -0.215. The van der Waals surface area contributed by atoms with Gasteiger partial charge in [0.2, 0.25) is 5.91 Å². The smallest absolute Gasteiger partial charge is 0.268 e. The Morgan fingerprint density at radius 2 is 0.922 bits per heavy atom. The van der Waals surface area contributed by atoms with Crippen LogP contribution in [0.25, 0.3) is 0 Å². The summed E-state index contributed by atoms with van der Waals surface area (Å²) in [4.78, 5) is 25.4. The second kappa shape index (κ2) is 46.3. The van der Waals surface area contributed by atoms with Gasteiger partial charge in [-0.1, -0.05) is 209 Å². The summed E-state index contributed by atoms with van der Waals surface area (Å²) in [6, 6.07) is -0.912. The van der Waals surface area contributed by atoms with E-state index in [-0.39, 0.29) is 12.5 Å². The fraction of sp³-hybridized carbons (Fsp3) is 0.800. The van der Waals surface area contributed by atoms with E-state index in [9.17, 15) is 19.4 Å². The predicted octanol–water partition coefficient (Wildman–Crippen LogP) is 15.1. The van der Waals surface area contributed by atoms with E-state index in [4.69, 9.17) is 9.05 Å². The van der Waals surface area contributed by atoms with Crippen molar-refractivity contribution < 1.29 is 32.9 Å². The van der Waals surface area contributed by atoms with Crippen molar-refractivity contribution in [1.29, 1.82) is 0 Å². The van der Waals surface area contributed by atoms with Crippen LogP contribution in [-0.4, -0.2) is 68.5 Å². The second-order valence-corrected chi connectivity index (χ2v) is 20.6. The zero-order valence-corrected chi connectivity index (χ0v) is 43.4. The number of nitrogens with one attached hydrogen (secondary N) is 1. The van der Waals surface area contributed by atoms with Gasteiger partial charge in [-0.25, -0.2) is 0 Å². The molecule has 0 radical (unpaired) electrons.